The second-order valence-corrected chi connectivity index (χ2v) is 7.94. The van der Waals surface area contributed by atoms with Crippen LogP contribution < -0.4 is 15.4 Å². The summed E-state index contributed by atoms with van der Waals surface area (Å²) in [6, 6.07) is 15.2. The summed E-state index contributed by atoms with van der Waals surface area (Å²) in [5.41, 5.74) is 1.55. The van der Waals surface area contributed by atoms with Crippen molar-refractivity contribution >= 4 is 33.2 Å². The largest absolute Gasteiger partial charge is 0.352 e. The predicted molar refractivity (Wildman–Crippen MR) is 114 cm³/mol. The molecule has 2 aromatic carbocycles. The van der Waals surface area contributed by atoms with Crippen LogP contribution in [0.5, 0.6) is 0 Å². The van der Waals surface area contributed by atoms with Crippen molar-refractivity contribution in [3.05, 3.63) is 84.2 Å². The Morgan fingerprint density at radius 2 is 1.57 bits per heavy atom. The van der Waals surface area contributed by atoms with Gasteiger partial charge in [-0.15, -0.1) is 0 Å². The van der Waals surface area contributed by atoms with Gasteiger partial charge in [-0.3, -0.25) is 19.3 Å². The van der Waals surface area contributed by atoms with Gasteiger partial charge in [0.05, 0.1) is 10.6 Å². The maximum absolute atomic E-state index is 12.5. The van der Waals surface area contributed by atoms with Gasteiger partial charge in [0.1, 0.15) is 0 Å². The molecule has 0 saturated heterocycles. The van der Waals surface area contributed by atoms with Crippen molar-refractivity contribution in [1.29, 1.82) is 0 Å². The van der Waals surface area contributed by atoms with Crippen LogP contribution in [-0.4, -0.2) is 31.8 Å². The van der Waals surface area contributed by atoms with Crippen molar-refractivity contribution < 1.29 is 18.0 Å². The zero-order chi connectivity index (χ0) is 21.6. The third kappa shape index (κ3) is 5.21. The third-order valence-electron chi connectivity index (χ3n) is 4.08. The Kier molecular flexibility index (Phi) is 6.43. The van der Waals surface area contributed by atoms with Crippen molar-refractivity contribution in [2.75, 3.05) is 16.6 Å². The summed E-state index contributed by atoms with van der Waals surface area (Å²) in [7, 11) is -3.79. The Bertz CT molecular complexity index is 1150. The Balaban J connectivity index is 1.71. The molecule has 0 aliphatic rings. The molecule has 0 spiro atoms. The van der Waals surface area contributed by atoms with E-state index in [1.165, 1.54) is 48.8 Å². The Labute approximate surface area is 174 Å². The van der Waals surface area contributed by atoms with Crippen LogP contribution in [0.4, 0.5) is 11.4 Å². The molecule has 1 aromatic heterocycles. The molecule has 9 heteroatoms. The van der Waals surface area contributed by atoms with Crippen LogP contribution in [0.1, 0.15) is 27.6 Å². The molecule has 0 aliphatic carbocycles. The van der Waals surface area contributed by atoms with Gasteiger partial charge in [0, 0.05) is 35.8 Å². The molecule has 3 rings (SSSR count). The molecule has 1 heterocycles. The lowest BCUT2D eigenvalue weighted by molar-refractivity contribution is 0.0954. The number of pyridine rings is 1. The van der Waals surface area contributed by atoms with E-state index in [2.05, 4.69) is 20.3 Å². The lowest BCUT2D eigenvalue weighted by Crippen LogP contribution is -2.22. The number of carbonyl (C=O) groups excluding carboxylic acids is 2. The first kappa shape index (κ1) is 21.0. The van der Waals surface area contributed by atoms with E-state index in [1.54, 1.807) is 24.3 Å². The Morgan fingerprint density at radius 1 is 0.867 bits per heavy atom. The highest BCUT2D eigenvalue weighted by atomic mass is 32.2. The second kappa shape index (κ2) is 9.19. The number of aromatic nitrogens is 1. The van der Waals surface area contributed by atoms with Crippen molar-refractivity contribution in [1.82, 2.24) is 10.3 Å². The minimum Gasteiger partial charge on any atom is -0.352 e. The molecule has 8 nitrogen and oxygen atoms in total. The fourth-order valence-electron chi connectivity index (χ4n) is 2.62. The molecule has 0 aliphatic heterocycles. The number of amides is 2. The number of benzene rings is 2. The van der Waals surface area contributed by atoms with E-state index in [1.807, 2.05) is 6.92 Å². The molecule has 0 bridgehead atoms. The van der Waals surface area contributed by atoms with E-state index < -0.39 is 15.9 Å². The van der Waals surface area contributed by atoms with Crippen molar-refractivity contribution in [2.24, 2.45) is 0 Å². The third-order valence-corrected chi connectivity index (χ3v) is 5.48. The minimum atomic E-state index is -3.79. The smallest absolute Gasteiger partial charge is 0.261 e. The summed E-state index contributed by atoms with van der Waals surface area (Å²) in [6.45, 7) is 2.32. The van der Waals surface area contributed by atoms with Gasteiger partial charge in [0.15, 0.2) is 0 Å². The fourth-order valence-corrected chi connectivity index (χ4v) is 3.68. The molecule has 0 atom stereocenters. The predicted octanol–water partition coefficient (Wildman–Crippen LogP) is 2.88. The van der Waals surface area contributed by atoms with E-state index >= 15 is 0 Å². The van der Waals surface area contributed by atoms with E-state index in [9.17, 15) is 18.0 Å². The number of sulfonamides is 1. The SMILES string of the molecule is CCNC(=O)c1cccc(NC(=O)c2ccc(S(=O)(=O)Nc3ccncc3)cc2)c1. The zero-order valence-electron chi connectivity index (χ0n) is 16.1. The van der Waals surface area contributed by atoms with E-state index in [-0.39, 0.29) is 16.4 Å². The molecule has 0 saturated carbocycles. The van der Waals surface area contributed by atoms with Crippen molar-refractivity contribution in [2.45, 2.75) is 11.8 Å². The topological polar surface area (TPSA) is 117 Å². The summed E-state index contributed by atoms with van der Waals surface area (Å²) in [5.74, 6) is -0.654. The number of nitrogens with zero attached hydrogens (tertiary/aromatic N) is 1. The van der Waals surface area contributed by atoms with Gasteiger partial charge >= 0.3 is 0 Å². The average Bonchev–Trinajstić information content (AvgIpc) is 2.74. The molecule has 30 heavy (non-hydrogen) atoms. The maximum atomic E-state index is 12.5. The van der Waals surface area contributed by atoms with Crippen LogP contribution in [0.3, 0.4) is 0 Å². The summed E-state index contributed by atoms with van der Waals surface area (Å²) >= 11 is 0. The van der Waals surface area contributed by atoms with Crippen LogP contribution in [-0.2, 0) is 10.0 Å². The summed E-state index contributed by atoms with van der Waals surface area (Å²) < 4.78 is 27.4. The normalized spacial score (nSPS) is 10.8. The van der Waals surface area contributed by atoms with Crippen LogP contribution in [0.25, 0.3) is 0 Å². The van der Waals surface area contributed by atoms with Gasteiger partial charge in [-0.1, -0.05) is 6.07 Å². The monoisotopic (exact) mass is 424 g/mol. The van der Waals surface area contributed by atoms with Crippen LogP contribution in [0.2, 0.25) is 0 Å². The van der Waals surface area contributed by atoms with Crippen LogP contribution >= 0.6 is 0 Å². The number of hydrogen-bond acceptors (Lipinski definition) is 5. The molecule has 3 N–H and O–H groups in total. The number of nitrogens with one attached hydrogen (secondary N) is 3. The van der Waals surface area contributed by atoms with Gasteiger partial charge in [0.25, 0.3) is 21.8 Å². The highest BCUT2D eigenvalue weighted by molar-refractivity contribution is 7.92. The fraction of sp³-hybridized carbons (Fsp3) is 0.0952. The molecular formula is C21H20N4O4S. The van der Waals surface area contributed by atoms with Gasteiger partial charge in [0.2, 0.25) is 0 Å². The van der Waals surface area contributed by atoms with Gasteiger partial charge in [-0.25, -0.2) is 8.42 Å². The number of hydrogen-bond donors (Lipinski definition) is 3. The van der Waals surface area contributed by atoms with E-state index in [4.69, 9.17) is 0 Å². The summed E-state index contributed by atoms with van der Waals surface area (Å²) in [5, 5.41) is 5.40. The quantitative estimate of drug-likeness (QED) is 0.539. The molecule has 154 valence electrons. The maximum Gasteiger partial charge on any atom is 0.261 e. The highest BCUT2D eigenvalue weighted by Gasteiger charge is 2.15. The number of anilines is 2. The van der Waals surface area contributed by atoms with Gasteiger partial charge < -0.3 is 10.6 Å². The molecule has 3 aromatic rings. The lowest BCUT2D eigenvalue weighted by Gasteiger charge is -2.10. The zero-order valence-corrected chi connectivity index (χ0v) is 16.9. The first-order valence-electron chi connectivity index (χ1n) is 9.11. The minimum absolute atomic E-state index is 0.0223. The molecule has 0 unspecified atom stereocenters. The molecule has 2 amide bonds. The Hall–Kier alpha value is -3.72. The number of carbonyl (C=O) groups is 2. The highest BCUT2D eigenvalue weighted by Crippen LogP contribution is 2.17. The second-order valence-electron chi connectivity index (χ2n) is 6.26. The van der Waals surface area contributed by atoms with E-state index in [0.29, 0.717) is 23.5 Å². The molecular weight excluding hydrogens is 404 g/mol. The van der Waals surface area contributed by atoms with E-state index in [0.717, 1.165) is 0 Å². The van der Waals surface area contributed by atoms with Crippen LogP contribution in [0.15, 0.2) is 78.0 Å². The first-order chi connectivity index (χ1) is 14.4. The Morgan fingerprint density at radius 3 is 2.23 bits per heavy atom. The summed E-state index contributed by atoms with van der Waals surface area (Å²) in [4.78, 5) is 28.3. The molecule has 0 radical (unpaired) electrons. The van der Waals surface area contributed by atoms with Crippen molar-refractivity contribution in [3.63, 3.8) is 0 Å². The molecule has 0 fully saturated rings. The number of rotatable bonds is 7. The lowest BCUT2D eigenvalue weighted by atomic mass is 10.1. The van der Waals surface area contributed by atoms with Crippen molar-refractivity contribution in [3.8, 4) is 0 Å². The van der Waals surface area contributed by atoms with Gasteiger partial charge in [-0.05, 0) is 61.5 Å². The van der Waals surface area contributed by atoms with Crippen LogP contribution in [0, 0.1) is 0 Å². The van der Waals surface area contributed by atoms with Gasteiger partial charge in [-0.2, -0.15) is 0 Å². The first-order valence-corrected chi connectivity index (χ1v) is 10.6. The standard InChI is InChI=1S/C21H20N4O4S/c1-2-23-20(26)16-4-3-5-18(14-16)24-21(27)15-6-8-19(9-7-15)30(28,29)25-17-10-12-22-13-11-17/h3-14H,2H2,1H3,(H,22,25)(H,23,26)(H,24,27). The summed E-state index contributed by atoms with van der Waals surface area (Å²) in [6.07, 6.45) is 2.96. The average molecular weight is 424 g/mol.